The lowest BCUT2D eigenvalue weighted by atomic mass is 9.81. The molecule has 3 aliphatic rings. The lowest BCUT2D eigenvalue weighted by molar-refractivity contribution is 0.382. The van der Waals surface area contributed by atoms with Gasteiger partial charge in [0, 0.05) is 60.0 Å². The minimum Gasteiger partial charge on any atom is -0.512 e. The second-order valence-electron chi connectivity index (χ2n) is 11.0. The van der Waals surface area contributed by atoms with Gasteiger partial charge in [0.05, 0.1) is 5.76 Å². The van der Waals surface area contributed by atoms with E-state index in [-0.39, 0.29) is 17.7 Å². The highest BCUT2D eigenvalue weighted by Crippen LogP contribution is 2.44. The number of benzene rings is 2. The molecule has 0 amide bonds. The van der Waals surface area contributed by atoms with Crippen molar-refractivity contribution in [3.05, 3.63) is 63.6 Å². The van der Waals surface area contributed by atoms with Gasteiger partial charge in [0.2, 0.25) is 5.95 Å². The number of hydrogen-bond donors (Lipinski definition) is 3. The fourth-order valence-corrected chi connectivity index (χ4v) is 6.50. The highest BCUT2D eigenvalue weighted by molar-refractivity contribution is 6.32. The number of aliphatic hydroxyl groups is 1. The number of fused-ring (bicyclic) bond motifs is 4. The topological polar surface area (TPSA) is 76.5 Å². The molecule has 7 nitrogen and oxygen atoms in total. The van der Waals surface area contributed by atoms with E-state index in [2.05, 4.69) is 25.4 Å². The van der Waals surface area contributed by atoms with Crippen LogP contribution in [0.5, 0.6) is 0 Å². The van der Waals surface area contributed by atoms with Crippen LogP contribution in [0.2, 0.25) is 5.02 Å². The summed E-state index contributed by atoms with van der Waals surface area (Å²) in [4.78, 5) is 14.0. The summed E-state index contributed by atoms with van der Waals surface area (Å²) in [5, 5.41) is 18.5. The molecule has 2 aliphatic heterocycles. The van der Waals surface area contributed by atoms with E-state index in [1.807, 2.05) is 44.4 Å². The maximum Gasteiger partial charge on any atom is 0.225 e. The van der Waals surface area contributed by atoms with Crippen LogP contribution in [-0.2, 0) is 0 Å². The van der Waals surface area contributed by atoms with Crippen LogP contribution in [0, 0.1) is 5.82 Å². The van der Waals surface area contributed by atoms with Crippen molar-refractivity contribution in [1.82, 2.24) is 20.2 Å². The molecule has 0 saturated carbocycles. The van der Waals surface area contributed by atoms with Gasteiger partial charge in [0.25, 0.3) is 0 Å². The minimum absolute atomic E-state index is 0.215. The van der Waals surface area contributed by atoms with Crippen molar-refractivity contribution in [3.8, 4) is 0 Å². The number of aliphatic hydroxyl groups excluding tert-OH is 1. The van der Waals surface area contributed by atoms with Crippen LogP contribution in [0.25, 0.3) is 17.0 Å². The Balaban J connectivity index is 1.45. The highest BCUT2D eigenvalue weighted by atomic mass is 35.5. The number of hydrogen-bond acceptors (Lipinski definition) is 7. The first kappa shape index (κ1) is 25.3. The van der Waals surface area contributed by atoms with E-state index in [1.165, 1.54) is 0 Å². The molecular formula is C29H34ClFN6O. The summed E-state index contributed by atoms with van der Waals surface area (Å²) in [6, 6.07) is 10.4. The highest BCUT2D eigenvalue weighted by Gasteiger charge is 2.35. The second-order valence-corrected chi connectivity index (χ2v) is 11.4. The quantitative estimate of drug-likeness (QED) is 0.360. The van der Waals surface area contributed by atoms with E-state index in [4.69, 9.17) is 16.6 Å². The summed E-state index contributed by atoms with van der Waals surface area (Å²) in [6.45, 7) is 3.25. The maximum absolute atomic E-state index is 16.6. The number of anilines is 2. The molecule has 2 fully saturated rings. The molecule has 1 aromatic heterocycles. The average molecular weight is 537 g/mol. The predicted molar refractivity (Wildman–Crippen MR) is 152 cm³/mol. The van der Waals surface area contributed by atoms with E-state index in [0.29, 0.717) is 40.5 Å². The Morgan fingerprint density at radius 2 is 1.95 bits per heavy atom. The molecule has 3 atom stereocenters. The lowest BCUT2D eigenvalue weighted by Gasteiger charge is -2.34. The van der Waals surface area contributed by atoms with Gasteiger partial charge in [0.15, 0.2) is 5.82 Å². The molecule has 2 saturated heterocycles. The summed E-state index contributed by atoms with van der Waals surface area (Å²) in [5.74, 6) is 0.518. The summed E-state index contributed by atoms with van der Waals surface area (Å²) >= 11 is 6.86. The van der Waals surface area contributed by atoms with E-state index in [1.54, 1.807) is 6.08 Å². The summed E-state index contributed by atoms with van der Waals surface area (Å²) in [6.07, 6.45) is 5.22. The summed E-state index contributed by atoms with van der Waals surface area (Å²) in [7, 11) is 4.08. The Morgan fingerprint density at radius 1 is 1.18 bits per heavy atom. The van der Waals surface area contributed by atoms with Crippen molar-refractivity contribution in [2.75, 3.05) is 50.5 Å². The Bertz CT molecular complexity index is 1380. The molecule has 6 rings (SSSR count). The molecule has 3 aromatic rings. The van der Waals surface area contributed by atoms with Crippen LogP contribution >= 0.6 is 11.6 Å². The third-order valence-corrected chi connectivity index (χ3v) is 8.25. The third-order valence-electron chi connectivity index (χ3n) is 7.93. The molecule has 1 aliphatic carbocycles. The lowest BCUT2D eigenvalue weighted by Crippen LogP contribution is -2.51. The minimum atomic E-state index is -0.444. The van der Waals surface area contributed by atoms with Gasteiger partial charge in [-0.15, -0.1) is 0 Å². The molecular weight excluding hydrogens is 503 g/mol. The molecule has 3 N–H and O–H groups in total. The first-order valence-electron chi connectivity index (χ1n) is 13.4. The number of piperazine rings is 1. The van der Waals surface area contributed by atoms with Crippen LogP contribution in [0.1, 0.15) is 48.3 Å². The van der Waals surface area contributed by atoms with Gasteiger partial charge in [-0.2, -0.15) is 4.98 Å². The summed E-state index contributed by atoms with van der Waals surface area (Å²) in [5.41, 5.74) is 2.46. The van der Waals surface area contributed by atoms with Gasteiger partial charge in [0.1, 0.15) is 11.3 Å². The summed E-state index contributed by atoms with van der Waals surface area (Å²) < 4.78 is 16.6. The first-order valence-corrected chi connectivity index (χ1v) is 13.8. The first-order chi connectivity index (χ1) is 18.4. The molecule has 9 heteroatoms. The molecule has 200 valence electrons. The molecule has 2 aromatic carbocycles. The van der Waals surface area contributed by atoms with Crippen molar-refractivity contribution < 1.29 is 9.50 Å². The molecule has 38 heavy (non-hydrogen) atoms. The zero-order valence-corrected chi connectivity index (χ0v) is 22.6. The van der Waals surface area contributed by atoms with Crippen LogP contribution in [0.3, 0.4) is 0 Å². The zero-order valence-electron chi connectivity index (χ0n) is 21.8. The third kappa shape index (κ3) is 4.81. The van der Waals surface area contributed by atoms with Gasteiger partial charge < -0.3 is 25.5 Å². The maximum atomic E-state index is 16.6. The SMILES string of the molecule is CN(C)CCCNc1nc(N2CC3CCC(C2)N3)c2cc(Cl)c(C3CC(O)=Cc4ccccc43)c(F)c2n1. The molecule has 2 bridgehead atoms. The normalized spacial score (nSPS) is 22.6. The standard InChI is InChI=1S/C29H34ClFN6O/c1-36(2)11-5-10-32-29-34-27-23(28(35-29)37-15-18-8-9-19(16-37)33-18)14-24(30)25(26(27)31)22-13-20(38)12-17-6-3-4-7-21(17)22/h3-4,6-7,12,14,18-19,22,33,38H,5,8-11,13,15-16H2,1-2H3,(H,32,34,35). The van der Waals surface area contributed by atoms with Gasteiger partial charge in [-0.25, -0.2) is 9.37 Å². The largest absolute Gasteiger partial charge is 0.512 e. The number of rotatable bonds is 7. The smallest absolute Gasteiger partial charge is 0.225 e. The Morgan fingerprint density at radius 3 is 2.71 bits per heavy atom. The molecule has 3 unspecified atom stereocenters. The van der Waals surface area contributed by atoms with E-state index < -0.39 is 11.7 Å². The van der Waals surface area contributed by atoms with Gasteiger partial charge >= 0.3 is 0 Å². The Hall–Kier alpha value is -2.94. The Labute approximate surface area is 227 Å². The van der Waals surface area contributed by atoms with Crippen LogP contribution in [-0.4, -0.2) is 72.3 Å². The molecule has 0 radical (unpaired) electrons. The monoisotopic (exact) mass is 536 g/mol. The number of allylic oxidation sites excluding steroid dienone is 1. The van der Waals surface area contributed by atoms with E-state index in [9.17, 15) is 5.11 Å². The predicted octanol–water partition coefficient (Wildman–Crippen LogP) is 5.16. The van der Waals surface area contributed by atoms with Crippen LogP contribution in [0.15, 0.2) is 36.1 Å². The Kier molecular flexibility index (Phi) is 6.88. The fourth-order valence-electron chi connectivity index (χ4n) is 6.17. The number of nitrogens with one attached hydrogen (secondary N) is 2. The van der Waals surface area contributed by atoms with Crippen molar-refractivity contribution in [3.63, 3.8) is 0 Å². The van der Waals surface area contributed by atoms with Crippen molar-refractivity contribution in [2.45, 2.75) is 43.7 Å². The average Bonchev–Trinajstić information content (AvgIpc) is 3.23. The van der Waals surface area contributed by atoms with Gasteiger partial charge in [-0.3, -0.25) is 0 Å². The fraction of sp³-hybridized carbons (Fsp3) is 0.448. The van der Waals surface area contributed by atoms with Crippen molar-refractivity contribution in [1.29, 1.82) is 0 Å². The van der Waals surface area contributed by atoms with Crippen LogP contribution < -0.4 is 15.5 Å². The number of nitrogens with zero attached hydrogens (tertiary/aromatic N) is 4. The van der Waals surface area contributed by atoms with Crippen LogP contribution in [0.4, 0.5) is 16.2 Å². The van der Waals surface area contributed by atoms with Gasteiger partial charge in [-0.1, -0.05) is 35.9 Å². The van der Waals surface area contributed by atoms with E-state index in [0.717, 1.165) is 55.8 Å². The van der Waals surface area contributed by atoms with Gasteiger partial charge in [-0.05, 0) is 63.2 Å². The zero-order chi connectivity index (χ0) is 26.4. The molecule has 0 spiro atoms. The van der Waals surface area contributed by atoms with Crippen molar-refractivity contribution in [2.24, 2.45) is 0 Å². The number of aromatic nitrogens is 2. The second kappa shape index (κ2) is 10.3. The number of halogens is 2. The van der Waals surface area contributed by atoms with E-state index >= 15 is 4.39 Å². The van der Waals surface area contributed by atoms with Crippen molar-refractivity contribution >= 4 is 40.3 Å². The molecule has 3 heterocycles.